The van der Waals surface area contributed by atoms with Crippen molar-refractivity contribution in [2.75, 3.05) is 0 Å². The van der Waals surface area contributed by atoms with Crippen molar-refractivity contribution in [3.05, 3.63) is 57.6 Å². The van der Waals surface area contributed by atoms with Gasteiger partial charge in [-0.2, -0.15) is 0 Å². The molecule has 0 bridgehead atoms. The fourth-order valence-electron chi connectivity index (χ4n) is 2.82. The first-order valence-corrected chi connectivity index (χ1v) is 10.2. The van der Waals surface area contributed by atoms with Gasteiger partial charge in [0, 0.05) is 11.1 Å². The molecule has 0 spiro atoms. The lowest BCUT2D eigenvalue weighted by atomic mass is 9.89. The Morgan fingerprint density at radius 3 is 0.906 bits per heavy atom. The number of hydrogen-bond acceptors (Lipinski definition) is 4. The lowest BCUT2D eigenvalue weighted by Crippen LogP contribution is -2.16. The van der Waals surface area contributed by atoms with Crippen LogP contribution in [0.1, 0.15) is 52.6 Å². The van der Waals surface area contributed by atoms with Crippen LogP contribution >= 0.6 is 69.6 Å². The van der Waals surface area contributed by atoms with Crippen LogP contribution < -0.4 is 0 Å². The molecule has 0 amide bonds. The number of aromatic carboxylic acids is 4. The van der Waals surface area contributed by atoms with Gasteiger partial charge >= 0.3 is 23.9 Å². The summed E-state index contributed by atoms with van der Waals surface area (Å²) in [7, 11) is 0. The molecule has 4 N–H and O–H groups in total. The number of carboxylic acids is 4. The molecule has 0 aliphatic rings. The Hall–Kier alpha value is -1.94. The van der Waals surface area contributed by atoms with Gasteiger partial charge in [-0.05, 0) is 35.4 Å². The minimum absolute atomic E-state index is 0.312. The second kappa shape index (κ2) is 9.13. The molecule has 0 heterocycles. The van der Waals surface area contributed by atoms with E-state index in [9.17, 15) is 39.6 Å². The third kappa shape index (κ3) is 5.33. The van der Waals surface area contributed by atoms with Crippen molar-refractivity contribution in [3.63, 3.8) is 0 Å². The van der Waals surface area contributed by atoms with Gasteiger partial charge in [0.25, 0.3) is 0 Å². The first kappa shape index (κ1) is 26.3. The zero-order valence-corrected chi connectivity index (χ0v) is 19.5. The zero-order chi connectivity index (χ0) is 24.8. The summed E-state index contributed by atoms with van der Waals surface area (Å²) in [6.07, 6.45) is 0. The van der Waals surface area contributed by atoms with Gasteiger partial charge in [-0.3, -0.25) is 0 Å². The Labute approximate surface area is 208 Å². The number of carboxylic acid groups (broad SMARTS) is 4. The Morgan fingerprint density at radius 1 is 0.500 bits per heavy atom. The Kier molecular flexibility index (Phi) is 7.51. The van der Waals surface area contributed by atoms with E-state index in [0.29, 0.717) is 0 Å². The highest BCUT2D eigenvalue weighted by Crippen LogP contribution is 2.49. The number of benzene rings is 2. The highest BCUT2D eigenvalue weighted by atomic mass is 35.6. The molecule has 0 unspecified atom stereocenters. The van der Waals surface area contributed by atoms with Gasteiger partial charge < -0.3 is 20.4 Å². The molecule has 14 heteroatoms. The predicted octanol–water partition coefficient (Wildman–Crippen LogP) is 5.80. The van der Waals surface area contributed by atoms with E-state index in [2.05, 4.69) is 0 Å². The molecule has 0 atom stereocenters. The van der Waals surface area contributed by atoms with Gasteiger partial charge in [0.1, 0.15) is 0 Å². The van der Waals surface area contributed by atoms with Crippen molar-refractivity contribution in [1.29, 1.82) is 0 Å². The van der Waals surface area contributed by atoms with E-state index in [1.54, 1.807) is 0 Å². The Morgan fingerprint density at radius 2 is 0.719 bits per heavy atom. The number of halogens is 6. The third-order valence-corrected chi connectivity index (χ3v) is 5.36. The van der Waals surface area contributed by atoms with Crippen LogP contribution in [0.5, 0.6) is 0 Å². The van der Waals surface area contributed by atoms with Crippen molar-refractivity contribution in [2.24, 2.45) is 0 Å². The summed E-state index contributed by atoms with van der Waals surface area (Å²) in [5.41, 5.74) is -4.38. The Bertz CT molecular complexity index is 1070. The molecule has 0 fully saturated rings. The summed E-state index contributed by atoms with van der Waals surface area (Å²) in [6.45, 7) is 0. The standard InChI is InChI=1S/C18H8Cl6O8/c19-17(20,21)11-3-9(15(29)30)7(13(25)26)1-5(11)6-2-8(14(27)28)10(16(31)32)4-12(6)18(22,23)24/h1-4H,(H,25,26)(H,27,28)(H,29,30)(H,31,32). The van der Waals surface area contributed by atoms with Crippen LogP contribution in [-0.2, 0) is 7.59 Å². The Balaban J connectivity index is 3.16. The third-order valence-electron chi connectivity index (χ3n) is 4.14. The average molecular weight is 565 g/mol. The van der Waals surface area contributed by atoms with E-state index >= 15 is 0 Å². The zero-order valence-electron chi connectivity index (χ0n) is 15.0. The van der Waals surface area contributed by atoms with Crippen LogP contribution in [0.15, 0.2) is 24.3 Å². The van der Waals surface area contributed by atoms with Gasteiger partial charge in [0.05, 0.1) is 22.3 Å². The summed E-state index contributed by atoms with van der Waals surface area (Å²) in [4.78, 5) is 46.4. The highest BCUT2D eigenvalue weighted by molar-refractivity contribution is 6.67. The molecular weight excluding hydrogens is 557 g/mol. The molecule has 0 aliphatic heterocycles. The van der Waals surface area contributed by atoms with Crippen molar-refractivity contribution >= 4 is 93.5 Å². The average Bonchev–Trinajstić information content (AvgIpc) is 2.63. The summed E-state index contributed by atoms with van der Waals surface area (Å²) in [6, 6.07) is 3.12. The van der Waals surface area contributed by atoms with Crippen molar-refractivity contribution in [2.45, 2.75) is 7.59 Å². The molecule has 2 aromatic carbocycles. The van der Waals surface area contributed by atoms with Gasteiger partial charge in [-0.25, -0.2) is 19.2 Å². The summed E-state index contributed by atoms with van der Waals surface area (Å²) in [5.74, 6) is -6.65. The van der Waals surface area contributed by atoms with E-state index in [1.165, 1.54) is 0 Å². The first-order chi connectivity index (χ1) is 14.5. The molecule has 8 nitrogen and oxygen atoms in total. The highest BCUT2D eigenvalue weighted by Gasteiger charge is 2.36. The largest absolute Gasteiger partial charge is 0.478 e. The quantitative estimate of drug-likeness (QED) is 0.333. The van der Waals surface area contributed by atoms with Gasteiger partial charge in [0.2, 0.25) is 7.59 Å². The molecule has 2 aromatic rings. The van der Waals surface area contributed by atoms with E-state index in [4.69, 9.17) is 69.6 Å². The lowest BCUT2D eigenvalue weighted by Gasteiger charge is -2.24. The van der Waals surface area contributed by atoms with Crippen LogP contribution in [0.25, 0.3) is 11.1 Å². The second-order valence-corrected chi connectivity index (χ2v) is 10.7. The number of hydrogen-bond donors (Lipinski definition) is 4. The van der Waals surface area contributed by atoms with Crippen LogP contribution in [-0.4, -0.2) is 44.3 Å². The molecule has 0 radical (unpaired) electrons. The minimum Gasteiger partial charge on any atom is -0.478 e. The van der Waals surface area contributed by atoms with Gasteiger partial charge in [-0.15, -0.1) is 0 Å². The van der Waals surface area contributed by atoms with Crippen LogP contribution in [0, 0.1) is 0 Å². The SMILES string of the molecule is O=C(O)c1cc(-c2cc(C(=O)O)c(C(=O)O)cc2C(Cl)(Cl)Cl)c(C(Cl)(Cl)Cl)cc1C(=O)O. The van der Waals surface area contributed by atoms with Crippen LogP contribution in [0.3, 0.4) is 0 Å². The topological polar surface area (TPSA) is 149 Å². The smallest absolute Gasteiger partial charge is 0.336 e. The van der Waals surface area contributed by atoms with Crippen molar-refractivity contribution < 1.29 is 39.6 Å². The van der Waals surface area contributed by atoms with E-state index < -0.39 is 53.7 Å². The molecule has 0 saturated heterocycles. The fraction of sp³-hybridized carbons (Fsp3) is 0.111. The molecule has 0 aromatic heterocycles. The predicted molar refractivity (Wildman–Crippen MR) is 118 cm³/mol. The van der Waals surface area contributed by atoms with Crippen LogP contribution in [0.2, 0.25) is 0 Å². The minimum atomic E-state index is -2.35. The number of rotatable bonds is 5. The maximum Gasteiger partial charge on any atom is 0.336 e. The monoisotopic (exact) mass is 562 g/mol. The van der Waals surface area contributed by atoms with Gasteiger partial charge in [0.15, 0.2) is 0 Å². The lowest BCUT2D eigenvalue weighted by molar-refractivity contribution is 0.0651. The second-order valence-electron chi connectivity index (χ2n) is 6.10. The molecular formula is C18H8Cl6O8. The maximum absolute atomic E-state index is 11.7. The maximum atomic E-state index is 11.7. The molecule has 0 saturated carbocycles. The fourth-order valence-corrected chi connectivity index (χ4v) is 3.76. The molecule has 170 valence electrons. The van der Waals surface area contributed by atoms with E-state index in [1.807, 2.05) is 0 Å². The first-order valence-electron chi connectivity index (χ1n) is 7.90. The normalized spacial score (nSPS) is 11.8. The van der Waals surface area contributed by atoms with Crippen molar-refractivity contribution in [3.8, 4) is 11.1 Å². The summed E-state index contributed by atoms with van der Waals surface area (Å²) < 4.78 is -4.70. The summed E-state index contributed by atoms with van der Waals surface area (Å²) in [5, 5.41) is 37.6. The van der Waals surface area contributed by atoms with Crippen LogP contribution in [0.4, 0.5) is 0 Å². The molecule has 2 rings (SSSR count). The molecule has 0 aliphatic carbocycles. The van der Waals surface area contributed by atoms with Gasteiger partial charge in [-0.1, -0.05) is 69.6 Å². The number of alkyl halides is 6. The number of carbonyl (C=O) groups is 4. The molecule has 32 heavy (non-hydrogen) atoms. The van der Waals surface area contributed by atoms with E-state index in [0.717, 1.165) is 24.3 Å². The van der Waals surface area contributed by atoms with E-state index in [-0.39, 0.29) is 22.3 Å². The van der Waals surface area contributed by atoms with Crippen molar-refractivity contribution in [1.82, 2.24) is 0 Å². The summed E-state index contributed by atoms with van der Waals surface area (Å²) >= 11 is 35.7.